The maximum absolute atomic E-state index is 10.8. The minimum absolute atomic E-state index is 0.0506. The van der Waals surface area contributed by atoms with E-state index in [1.807, 2.05) is 0 Å². The first-order chi connectivity index (χ1) is 8.19. The highest BCUT2D eigenvalue weighted by atomic mass is 16.6. The highest BCUT2D eigenvalue weighted by Gasteiger charge is 2.15. The summed E-state index contributed by atoms with van der Waals surface area (Å²) in [5.74, 6) is 0.267. The summed E-state index contributed by atoms with van der Waals surface area (Å²) in [5.41, 5.74) is 6.09. The van der Waals surface area contributed by atoms with Crippen LogP contribution in [0.25, 0.3) is 0 Å². The smallest absolute Gasteiger partial charge is 0.311 e. The fraction of sp³-hybridized carbons (Fsp3) is 0.455. The summed E-state index contributed by atoms with van der Waals surface area (Å²) in [6.07, 6.45) is 0.687. The van der Waals surface area contributed by atoms with Crippen molar-refractivity contribution in [1.29, 1.82) is 0 Å². The molecular formula is C11H16N2O4. The number of benzene rings is 1. The maximum Gasteiger partial charge on any atom is 0.311 e. The van der Waals surface area contributed by atoms with E-state index in [2.05, 4.69) is 0 Å². The molecule has 6 heteroatoms. The van der Waals surface area contributed by atoms with E-state index >= 15 is 0 Å². The molecule has 1 aromatic rings. The lowest BCUT2D eigenvalue weighted by molar-refractivity contribution is -0.385. The van der Waals surface area contributed by atoms with Crippen LogP contribution in [-0.2, 0) is 11.3 Å². The SMILES string of the molecule is COCCCOc1ccc(CN)cc1[N+](=O)[O-]. The lowest BCUT2D eigenvalue weighted by Crippen LogP contribution is -2.04. The number of methoxy groups -OCH3 is 1. The molecule has 1 rings (SSSR count). The van der Waals surface area contributed by atoms with Crippen LogP contribution in [0.2, 0.25) is 0 Å². The van der Waals surface area contributed by atoms with E-state index in [-0.39, 0.29) is 18.0 Å². The molecule has 17 heavy (non-hydrogen) atoms. The van der Waals surface area contributed by atoms with Gasteiger partial charge in [-0.05, 0) is 11.6 Å². The van der Waals surface area contributed by atoms with Crippen LogP contribution in [0.15, 0.2) is 18.2 Å². The monoisotopic (exact) mass is 240 g/mol. The van der Waals surface area contributed by atoms with Gasteiger partial charge in [-0.2, -0.15) is 0 Å². The van der Waals surface area contributed by atoms with Gasteiger partial charge in [-0.1, -0.05) is 6.07 Å². The molecule has 0 saturated carbocycles. The number of rotatable bonds is 7. The third-order valence-electron chi connectivity index (χ3n) is 2.21. The average Bonchev–Trinajstić information content (AvgIpc) is 2.34. The van der Waals surface area contributed by atoms with Crippen molar-refractivity contribution in [2.45, 2.75) is 13.0 Å². The number of nitrogens with zero attached hydrogens (tertiary/aromatic N) is 1. The molecule has 0 fully saturated rings. The van der Waals surface area contributed by atoms with Crippen LogP contribution in [0.5, 0.6) is 5.75 Å². The number of ether oxygens (including phenoxy) is 2. The van der Waals surface area contributed by atoms with E-state index in [1.54, 1.807) is 19.2 Å². The molecule has 0 heterocycles. The van der Waals surface area contributed by atoms with Crippen molar-refractivity contribution < 1.29 is 14.4 Å². The largest absolute Gasteiger partial charge is 0.487 e. The summed E-state index contributed by atoms with van der Waals surface area (Å²) < 4.78 is 10.2. The zero-order valence-corrected chi connectivity index (χ0v) is 9.72. The second-order valence-electron chi connectivity index (χ2n) is 3.46. The van der Waals surface area contributed by atoms with Gasteiger partial charge in [-0.25, -0.2) is 0 Å². The van der Waals surface area contributed by atoms with Gasteiger partial charge in [-0.3, -0.25) is 10.1 Å². The molecule has 0 saturated heterocycles. The van der Waals surface area contributed by atoms with Gasteiger partial charge in [0.15, 0.2) is 5.75 Å². The Labute approximate surface area is 99.5 Å². The van der Waals surface area contributed by atoms with Crippen LogP contribution in [-0.4, -0.2) is 25.2 Å². The molecule has 0 unspecified atom stereocenters. The summed E-state index contributed by atoms with van der Waals surface area (Å²) in [4.78, 5) is 10.4. The summed E-state index contributed by atoms with van der Waals surface area (Å²) in [6, 6.07) is 4.73. The fourth-order valence-corrected chi connectivity index (χ4v) is 1.34. The minimum Gasteiger partial charge on any atom is -0.487 e. The van der Waals surface area contributed by atoms with Crippen molar-refractivity contribution >= 4 is 5.69 Å². The summed E-state index contributed by atoms with van der Waals surface area (Å²) in [7, 11) is 1.60. The first-order valence-electron chi connectivity index (χ1n) is 5.28. The van der Waals surface area contributed by atoms with E-state index in [4.69, 9.17) is 15.2 Å². The Hall–Kier alpha value is -1.66. The minimum atomic E-state index is -0.467. The predicted molar refractivity (Wildman–Crippen MR) is 63.0 cm³/mol. The van der Waals surface area contributed by atoms with Crippen molar-refractivity contribution in [3.63, 3.8) is 0 Å². The molecule has 0 bridgehead atoms. The Balaban J connectivity index is 2.73. The Morgan fingerprint density at radius 3 is 2.76 bits per heavy atom. The first kappa shape index (κ1) is 13.4. The lowest BCUT2D eigenvalue weighted by atomic mass is 10.2. The normalized spacial score (nSPS) is 10.2. The molecule has 2 N–H and O–H groups in total. The first-order valence-corrected chi connectivity index (χ1v) is 5.28. The summed E-state index contributed by atoms with van der Waals surface area (Å²) in [6.45, 7) is 1.22. The van der Waals surface area contributed by atoms with Crippen LogP contribution in [0.3, 0.4) is 0 Å². The number of nitro benzene ring substituents is 1. The zero-order valence-electron chi connectivity index (χ0n) is 9.72. The van der Waals surface area contributed by atoms with Gasteiger partial charge in [-0.15, -0.1) is 0 Å². The van der Waals surface area contributed by atoms with Gasteiger partial charge in [0.2, 0.25) is 0 Å². The van der Waals surface area contributed by atoms with E-state index in [9.17, 15) is 10.1 Å². The van der Waals surface area contributed by atoms with E-state index in [0.29, 0.717) is 25.2 Å². The predicted octanol–water partition coefficient (Wildman–Crippen LogP) is 1.47. The van der Waals surface area contributed by atoms with Gasteiger partial charge in [0.25, 0.3) is 0 Å². The van der Waals surface area contributed by atoms with Crippen molar-refractivity contribution in [1.82, 2.24) is 0 Å². The molecule has 0 aliphatic carbocycles. The van der Waals surface area contributed by atoms with Crippen LogP contribution in [0.1, 0.15) is 12.0 Å². The van der Waals surface area contributed by atoms with Crippen molar-refractivity contribution in [2.24, 2.45) is 5.73 Å². The van der Waals surface area contributed by atoms with E-state index in [1.165, 1.54) is 6.07 Å². The van der Waals surface area contributed by atoms with Crippen molar-refractivity contribution in [2.75, 3.05) is 20.3 Å². The molecular weight excluding hydrogens is 224 g/mol. The number of nitro groups is 1. The standard InChI is InChI=1S/C11H16N2O4/c1-16-5-2-6-17-11-4-3-9(8-12)7-10(11)13(14)15/h3-4,7H,2,5-6,8,12H2,1H3. The van der Waals surface area contributed by atoms with Crippen LogP contribution in [0.4, 0.5) is 5.69 Å². The van der Waals surface area contributed by atoms with Gasteiger partial charge >= 0.3 is 5.69 Å². The summed E-state index contributed by atoms with van der Waals surface area (Å²) >= 11 is 0. The highest BCUT2D eigenvalue weighted by Crippen LogP contribution is 2.27. The Bertz CT molecular complexity index is 382. The van der Waals surface area contributed by atoms with Crippen LogP contribution >= 0.6 is 0 Å². The highest BCUT2D eigenvalue weighted by molar-refractivity contribution is 5.48. The van der Waals surface area contributed by atoms with E-state index in [0.717, 1.165) is 0 Å². The van der Waals surface area contributed by atoms with Crippen molar-refractivity contribution in [3.05, 3.63) is 33.9 Å². The second kappa shape index (κ2) is 6.82. The van der Waals surface area contributed by atoms with Gasteiger partial charge in [0, 0.05) is 32.7 Å². The fourth-order valence-electron chi connectivity index (χ4n) is 1.34. The Morgan fingerprint density at radius 2 is 2.18 bits per heavy atom. The third-order valence-corrected chi connectivity index (χ3v) is 2.21. The molecule has 6 nitrogen and oxygen atoms in total. The summed E-state index contributed by atoms with van der Waals surface area (Å²) in [5, 5.41) is 10.8. The van der Waals surface area contributed by atoms with Gasteiger partial charge in [0.1, 0.15) is 0 Å². The number of nitrogens with two attached hydrogens (primary N) is 1. The van der Waals surface area contributed by atoms with Gasteiger partial charge < -0.3 is 15.2 Å². The molecule has 0 aliphatic heterocycles. The molecule has 0 radical (unpaired) electrons. The number of hydrogen-bond donors (Lipinski definition) is 1. The van der Waals surface area contributed by atoms with E-state index < -0.39 is 4.92 Å². The number of hydrogen-bond acceptors (Lipinski definition) is 5. The topological polar surface area (TPSA) is 87.6 Å². The molecule has 1 aromatic carbocycles. The molecule has 94 valence electrons. The maximum atomic E-state index is 10.8. The Kier molecular flexibility index (Phi) is 5.38. The molecule has 0 spiro atoms. The average molecular weight is 240 g/mol. The third kappa shape index (κ3) is 4.01. The Morgan fingerprint density at radius 1 is 1.41 bits per heavy atom. The lowest BCUT2D eigenvalue weighted by Gasteiger charge is -2.07. The van der Waals surface area contributed by atoms with Crippen molar-refractivity contribution in [3.8, 4) is 5.75 Å². The zero-order chi connectivity index (χ0) is 12.7. The molecule has 0 amide bonds. The quantitative estimate of drug-likeness (QED) is 0.443. The molecule has 0 atom stereocenters. The van der Waals surface area contributed by atoms with Gasteiger partial charge in [0.05, 0.1) is 11.5 Å². The van der Waals surface area contributed by atoms with Crippen LogP contribution < -0.4 is 10.5 Å². The molecule has 0 aliphatic rings. The molecule has 0 aromatic heterocycles. The van der Waals surface area contributed by atoms with Crippen LogP contribution in [0, 0.1) is 10.1 Å². The second-order valence-corrected chi connectivity index (χ2v) is 3.46.